The predicted octanol–water partition coefficient (Wildman–Crippen LogP) is 7.04. The maximum Gasteiger partial charge on any atom is 0.304 e. The Morgan fingerprint density at radius 3 is 2.30 bits per heavy atom. The molecular weight excluding hydrogens is 410 g/mol. The zero-order valence-electron chi connectivity index (χ0n) is 20.7. The van der Waals surface area contributed by atoms with Gasteiger partial charge in [-0.2, -0.15) is 0 Å². The molecule has 2 aliphatic rings. The molecule has 0 radical (unpaired) electrons. The highest BCUT2D eigenvalue weighted by molar-refractivity contribution is 5.84. The zero-order chi connectivity index (χ0) is 23.4. The lowest BCUT2D eigenvalue weighted by Gasteiger charge is -2.37. The van der Waals surface area contributed by atoms with Crippen LogP contribution in [-0.4, -0.2) is 34.7 Å². The molecule has 0 saturated heterocycles. The first-order valence-electron chi connectivity index (χ1n) is 12.9. The highest BCUT2D eigenvalue weighted by Crippen LogP contribution is 2.39. The second-order valence-corrected chi connectivity index (χ2v) is 11.4. The second kappa shape index (κ2) is 10.5. The van der Waals surface area contributed by atoms with Crippen LogP contribution in [-0.2, 0) is 11.3 Å². The highest BCUT2D eigenvalue weighted by atomic mass is 16.5. The van der Waals surface area contributed by atoms with Crippen molar-refractivity contribution in [1.29, 1.82) is 0 Å². The van der Waals surface area contributed by atoms with Crippen molar-refractivity contribution in [2.24, 2.45) is 11.3 Å². The number of hydrogen-bond acceptors (Lipinski definition) is 3. The topological polar surface area (TPSA) is 49.8 Å². The Bertz CT molecular complexity index is 934. The number of aliphatic carboxylic acids is 1. The fourth-order valence-electron chi connectivity index (χ4n) is 5.82. The van der Waals surface area contributed by atoms with E-state index in [4.69, 9.17) is 9.84 Å². The standard InChI is InChI=1S/C29H41NO3/c1-29(2,3)24-11-14-26(15-12-24)33-27-13-10-22-18-21(8-9-23(22)19-27)20-30(17-16-28(31)32)25-6-4-5-7-25/h8-10,13,18-19,24-26H,4-7,11-12,14-17,20H2,1-3H3,(H,31,32)/t24-,26-. The fraction of sp³-hybridized carbons (Fsp3) is 0.621. The Balaban J connectivity index is 1.39. The summed E-state index contributed by atoms with van der Waals surface area (Å²) in [5.41, 5.74) is 1.65. The lowest BCUT2D eigenvalue weighted by Crippen LogP contribution is -2.34. The number of ether oxygens (including phenoxy) is 1. The van der Waals surface area contributed by atoms with Gasteiger partial charge in [-0.15, -0.1) is 0 Å². The fourth-order valence-corrected chi connectivity index (χ4v) is 5.82. The molecule has 0 spiro atoms. The number of carboxylic acids is 1. The van der Waals surface area contributed by atoms with Gasteiger partial charge in [0.25, 0.3) is 0 Å². The maximum absolute atomic E-state index is 11.1. The average molecular weight is 452 g/mol. The minimum absolute atomic E-state index is 0.211. The number of carbonyl (C=O) groups is 1. The summed E-state index contributed by atoms with van der Waals surface area (Å²) in [7, 11) is 0. The van der Waals surface area contributed by atoms with Gasteiger partial charge in [-0.05, 0) is 84.4 Å². The number of fused-ring (bicyclic) bond motifs is 1. The number of hydrogen-bond donors (Lipinski definition) is 1. The molecule has 2 aromatic carbocycles. The van der Waals surface area contributed by atoms with Crippen LogP contribution in [0.1, 0.15) is 84.1 Å². The molecule has 4 nitrogen and oxygen atoms in total. The molecule has 0 heterocycles. The molecular formula is C29H41NO3. The molecule has 4 rings (SSSR count). The summed E-state index contributed by atoms with van der Waals surface area (Å²) in [6, 6.07) is 13.6. The van der Waals surface area contributed by atoms with E-state index in [1.807, 2.05) is 0 Å². The summed E-state index contributed by atoms with van der Waals surface area (Å²) in [6.45, 7) is 8.52. The SMILES string of the molecule is CC(C)(C)[C@H]1CC[C@H](Oc2ccc3cc(CN(CCC(=O)O)C4CCCC4)ccc3c2)CC1. The smallest absolute Gasteiger partial charge is 0.304 e. The van der Waals surface area contributed by atoms with Gasteiger partial charge in [-0.25, -0.2) is 0 Å². The zero-order valence-corrected chi connectivity index (χ0v) is 20.7. The van der Waals surface area contributed by atoms with Gasteiger partial charge >= 0.3 is 5.97 Å². The van der Waals surface area contributed by atoms with Crippen LogP contribution in [0.5, 0.6) is 5.75 Å². The van der Waals surface area contributed by atoms with Gasteiger partial charge in [0.15, 0.2) is 0 Å². The van der Waals surface area contributed by atoms with Gasteiger partial charge in [0.2, 0.25) is 0 Å². The first kappa shape index (κ1) is 24.1. The van der Waals surface area contributed by atoms with E-state index in [1.165, 1.54) is 54.9 Å². The molecule has 180 valence electrons. The van der Waals surface area contributed by atoms with Crippen LogP contribution in [0.2, 0.25) is 0 Å². The molecule has 0 atom stereocenters. The largest absolute Gasteiger partial charge is 0.490 e. The van der Waals surface area contributed by atoms with Crippen LogP contribution in [0.4, 0.5) is 0 Å². The lowest BCUT2D eigenvalue weighted by atomic mass is 9.72. The number of carboxylic acid groups (broad SMARTS) is 1. The number of rotatable bonds is 8. The van der Waals surface area contributed by atoms with Crippen LogP contribution in [0, 0.1) is 11.3 Å². The van der Waals surface area contributed by atoms with Crippen LogP contribution in [0.25, 0.3) is 10.8 Å². The number of benzene rings is 2. The monoisotopic (exact) mass is 451 g/mol. The van der Waals surface area contributed by atoms with Crippen LogP contribution in [0.3, 0.4) is 0 Å². The molecule has 0 unspecified atom stereocenters. The van der Waals surface area contributed by atoms with Gasteiger partial charge in [0.05, 0.1) is 12.5 Å². The van der Waals surface area contributed by atoms with E-state index in [0.717, 1.165) is 31.1 Å². The average Bonchev–Trinajstić information content (AvgIpc) is 3.31. The summed E-state index contributed by atoms with van der Waals surface area (Å²) in [5, 5.41) is 11.6. The van der Waals surface area contributed by atoms with Crippen molar-refractivity contribution in [2.75, 3.05) is 6.54 Å². The van der Waals surface area contributed by atoms with Crippen molar-refractivity contribution >= 4 is 16.7 Å². The van der Waals surface area contributed by atoms with Crippen molar-refractivity contribution in [3.63, 3.8) is 0 Å². The van der Waals surface area contributed by atoms with Gasteiger partial charge in [0, 0.05) is 19.1 Å². The predicted molar refractivity (Wildman–Crippen MR) is 135 cm³/mol. The van der Waals surface area contributed by atoms with Gasteiger partial charge < -0.3 is 9.84 Å². The molecule has 0 aliphatic heterocycles. The third-order valence-corrected chi connectivity index (χ3v) is 7.92. The van der Waals surface area contributed by atoms with Gasteiger partial charge in [-0.1, -0.05) is 51.8 Å². The Labute approximate surface area is 199 Å². The van der Waals surface area contributed by atoms with E-state index in [9.17, 15) is 4.79 Å². The highest BCUT2D eigenvalue weighted by Gasteiger charge is 2.30. The van der Waals surface area contributed by atoms with Crippen LogP contribution < -0.4 is 4.74 Å². The van der Waals surface area contributed by atoms with Crippen molar-refractivity contribution < 1.29 is 14.6 Å². The van der Waals surface area contributed by atoms with E-state index in [1.54, 1.807) is 0 Å². The molecule has 4 heteroatoms. The number of nitrogens with zero attached hydrogens (tertiary/aromatic N) is 1. The summed E-state index contributed by atoms with van der Waals surface area (Å²) >= 11 is 0. The minimum atomic E-state index is -0.712. The Hall–Kier alpha value is -2.07. The van der Waals surface area contributed by atoms with Crippen LogP contribution >= 0.6 is 0 Å². The molecule has 33 heavy (non-hydrogen) atoms. The van der Waals surface area contributed by atoms with Crippen molar-refractivity contribution in [2.45, 2.75) is 97.2 Å². The van der Waals surface area contributed by atoms with Crippen molar-refractivity contribution in [3.8, 4) is 5.75 Å². The van der Waals surface area contributed by atoms with Gasteiger partial charge in [0.1, 0.15) is 5.75 Å². The van der Waals surface area contributed by atoms with E-state index >= 15 is 0 Å². The summed E-state index contributed by atoms with van der Waals surface area (Å²) < 4.78 is 6.38. The van der Waals surface area contributed by atoms with E-state index < -0.39 is 5.97 Å². The molecule has 2 saturated carbocycles. The summed E-state index contributed by atoms with van der Waals surface area (Å²) in [4.78, 5) is 13.5. The van der Waals surface area contributed by atoms with Crippen molar-refractivity contribution in [3.05, 3.63) is 42.0 Å². The second-order valence-electron chi connectivity index (χ2n) is 11.4. The quantitative estimate of drug-likeness (QED) is 0.467. The molecule has 1 N–H and O–H groups in total. The third kappa shape index (κ3) is 6.50. The Morgan fingerprint density at radius 2 is 1.64 bits per heavy atom. The molecule has 0 amide bonds. The van der Waals surface area contributed by atoms with E-state index in [-0.39, 0.29) is 6.42 Å². The minimum Gasteiger partial charge on any atom is -0.490 e. The molecule has 2 aliphatic carbocycles. The Kier molecular flexibility index (Phi) is 7.63. The third-order valence-electron chi connectivity index (χ3n) is 7.92. The maximum atomic E-state index is 11.1. The summed E-state index contributed by atoms with van der Waals surface area (Å²) in [6.07, 6.45) is 10.2. The first-order chi connectivity index (χ1) is 15.8. The van der Waals surface area contributed by atoms with E-state index in [0.29, 0.717) is 24.1 Å². The molecule has 2 fully saturated rings. The van der Waals surface area contributed by atoms with Crippen molar-refractivity contribution in [1.82, 2.24) is 4.90 Å². The molecule has 0 bridgehead atoms. The molecule has 2 aromatic rings. The normalized spacial score (nSPS) is 22.2. The lowest BCUT2D eigenvalue weighted by molar-refractivity contribution is -0.137. The Morgan fingerprint density at radius 1 is 0.970 bits per heavy atom. The molecule has 0 aromatic heterocycles. The van der Waals surface area contributed by atoms with Gasteiger partial charge in [-0.3, -0.25) is 9.69 Å². The van der Waals surface area contributed by atoms with Crippen LogP contribution in [0.15, 0.2) is 36.4 Å². The summed E-state index contributed by atoms with van der Waals surface area (Å²) in [5.74, 6) is 1.06. The first-order valence-corrected chi connectivity index (χ1v) is 12.9. The van der Waals surface area contributed by atoms with E-state index in [2.05, 4.69) is 62.1 Å².